The SMILES string of the molecule is CCCNC(C)CC(C)S(=O)(=O)c1cccc(C)c1. The highest BCUT2D eigenvalue weighted by Crippen LogP contribution is 2.20. The quantitative estimate of drug-likeness (QED) is 0.837. The normalized spacial score (nSPS) is 15.2. The fourth-order valence-corrected chi connectivity index (χ4v) is 3.75. The summed E-state index contributed by atoms with van der Waals surface area (Å²) in [6.45, 7) is 8.78. The Kier molecular flexibility index (Phi) is 6.01. The molecule has 1 aromatic carbocycles. The third-order valence-corrected chi connectivity index (χ3v) is 5.44. The van der Waals surface area contributed by atoms with Gasteiger partial charge in [0, 0.05) is 6.04 Å². The van der Waals surface area contributed by atoms with Crippen LogP contribution in [-0.2, 0) is 9.84 Å². The number of rotatable bonds is 7. The Morgan fingerprint density at radius 1 is 1.26 bits per heavy atom. The molecule has 0 aliphatic carbocycles. The van der Waals surface area contributed by atoms with Crippen molar-refractivity contribution in [1.29, 1.82) is 0 Å². The van der Waals surface area contributed by atoms with E-state index < -0.39 is 9.84 Å². The second-order valence-corrected chi connectivity index (χ2v) is 7.63. The van der Waals surface area contributed by atoms with Crippen LogP contribution in [0.15, 0.2) is 29.2 Å². The molecule has 0 fully saturated rings. The van der Waals surface area contributed by atoms with Gasteiger partial charge in [-0.2, -0.15) is 0 Å². The molecule has 2 unspecified atom stereocenters. The van der Waals surface area contributed by atoms with Gasteiger partial charge in [0.15, 0.2) is 9.84 Å². The molecule has 3 nitrogen and oxygen atoms in total. The first-order chi connectivity index (χ1) is 8.87. The first-order valence-electron chi connectivity index (χ1n) is 6.92. The van der Waals surface area contributed by atoms with Gasteiger partial charge in [0.2, 0.25) is 0 Å². The first-order valence-corrected chi connectivity index (χ1v) is 8.46. The van der Waals surface area contributed by atoms with Crippen molar-refractivity contribution in [2.24, 2.45) is 0 Å². The summed E-state index contributed by atoms with van der Waals surface area (Å²) >= 11 is 0. The fraction of sp³-hybridized carbons (Fsp3) is 0.600. The summed E-state index contributed by atoms with van der Waals surface area (Å²) in [7, 11) is -3.22. The second-order valence-electron chi connectivity index (χ2n) is 5.26. The number of hydrogen-bond acceptors (Lipinski definition) is 3. The average Bonchev–Trinajstić information content (AvgIpc) is 2.36. The van der Waals surface area contributed by atoms with Crippen LogP contribution in [0.25, 0.3) is 0 Å². The lowest BCUT2D eigenvalue weighted by Gasteiger charge is -2.19. The summed E-state index contributed by atoms with van der Waals surface area (Å²) in [6.07, 6.45) is 1.69. The van der Waals surface area contributed by atoms with Crippen molar-refractivity contribution in [3.8, 4) is 0 Å². The molecule has 108 valence electrons. The van der Waals surface area contributed by atoms with Crippen LogP contribution in [0.2, 0.25) is 0 Å². The smallest absolute Gasteiger partial charge is 0.181 e. The standard InChI is InChI=1S/C15H25NO2S/c1-5-9-16-13(3)11-14(4)19(17,18)15-8-6-7-12(2)10-15/h6-8,10,13-14,16H,5,9,11H2,1-4H3. The van der Waals surface area contributed by atoms with Crippen LogP contribution < -0.4 is 5.32 Å². The maximum atomic E-state index is 12.5. The van der Waals surface area contributed by atoms with E-state index in [1.54, 1.807) is 25.1 Å². The molecule has 0 saturated heterocycles. The fourth-order valence-electron chi connectivity index (χ4n) is 2.12. The molecule has 2 atom stereocenters. The first kappa shape index (κ1) is 16.2. The zero-order valence-corrected chi connectivity index (χ0v) is 13.1. The van der Waals surface area contributed by atoms with Crippen molar-refractivity contribution in [1.82, 2.24) is 5.32 Å². The van der Waals surface area contributed by atoms with E-state index in [0.717, 1.165) is 18.5 Å². The van der Waals surface area contributed by atoms with Crippen LogP contribution in [0.5, 0.6) is 0 Å². The van der Waals surface area contributed by atoms with Crippen molar-refractivity contribution in [2.45, 2.75) is 56.7 Å². The van der Waals surface area contributed by atoms with Gasteiger partial charge in [-0.1, -0.05) is 19.1 Å². The van der Waals surface area contributed by atoms with E-state index in [4.69, 9.17) is 0 Å². The molecule has 1 N–H and O–H groups in total. The van der Waals surface area contributed by atoms with Crippen molar-refractivity contribution in [3.63, 3.8) is 0 Å². The van der Waals surface area contributed by atoms with Gasteiger partial charge in [-0.15, -0.1) is 0 Å². The van der Waals surface area contributed by atoms with Gasteiger partial charge < -0.3 is 5.32 Å². The monoisotopic (exact) mass is 283 g/mol. The summed E-state index contributed by atoms with van der Waals surface area (Å²) in [5.41, 5.74) is 0.977. The van der Waals surface area contributed by atoms with Gasteiger partial charge in [0.1, 0.15) is 0 Å². The lowest BCUT2D eigenvalue weighted by Crippen LogP contribution is -2.32. The molecule has 0 radical (unpaired) electrons. The minimum Gasteiger partial charge on any atom is -0.314 e. The highest BCUT2D eigenvalue weighted by Gasteiger charge is 2.24. The Balaban J connectivity index is 2.77. The van der Waals surface area contributed by atoms with Gasteiger partial charge in [-0.25, -0.2) is 8.42 Å². The van der Waals surface area contributed by atoms with E-state index >= 15 is 0 Å². The van der Waals surface area contributed by atoms with E-state index in [-0.39, 0.29) is 11.3 Å². The van der Waals surface area contributed by atoms with Crippen LogP contribution in [-0.4, -0.2) is 26.3 Å². The molecule has 0 aliphatic heterocycles. The minimum atomic E-state index is -3.22. The Morgan fingerprint density at radius 2 is 1.95 bits per heavy atom. The second kappa shape index (κ2) is 7.06. The highest BCUT2D eigenvalue weighted by atomic mass is 32.2. The molecule has 19 heavy (non-hydrogen) atoms. The lowest BCUT2D eigenvalue weighted by atomic mass is 10.2. The zero-order chi connectivity index (χ0) is 14.5. The molecule has 0 aliphatic rings. The van der Waals surface area contributed by atoms with E-state index in [2.05, 4.69) is 12.2 Å². The molecule has 0 spiro atoms. The summed E-state index contributed by atoms with van der Waals surface area (Å²) in [6, 6.07) is 7.36. The maximum absolute atomic E-state index is 12.5. The van der Waals surface area contributed by atoms with Crippen molar-refractivity contribution in [2.75, 3.05) is 6.54 Å². The summed E-state index contributed by atoms with van der Waals surface area (Å²) in [5.74, 6) is 0. The Hall–Kier alpha value is -0.870. The molecule has 0 amide bonds. The van der Waals surface area contributed by atoms with E-state index in [1.807, 2.05) is 19.9 Å². The lowest BCUT2D eigenvalue weighted by molar-refractivity contribution is 0.497. The van der Waals surface area contributed by atoms with Crippen molar-refractivity contribution < 1.29 is 8.42 Å². The van der Waals surface area contributed by atoms with Crippen LogP contribution in [0.4, 0.5) is 0 Å². The number of nitrogens with one attached hydrogen (secondary N) is 1. The summed E-state index contributed by atoms with van der Waals surface area (Å²) < 4.78 is 24.9. The third kappa shape index (κ3) is 4.62. The molecular weight excluding hydrogens is 258 g/mol. The highest BCUT2D eigenvalue weighted by molar-refractivity contribution is 7.92. The molecule has 4 heteroatoms. The molecule has 1 aromatic rings. The average molecular weight is 283 g/mol. The van der Waals surface area contributed by atoms with Crippen LogP contribution in [0.3, 0.4) is 0 Å². The third-order valence-electron chi connectivity index (χ3n) is 3.28. The number of sulfone groups is 1. The summed E-state index contributed by atoms with van der Waals surface area (Å²) in [5, 5.41) is 2.97. The largest absolute Gasteiger partial charge is 0.314 e. The summed E-state index contributed by atoms with van der Waals surface area (Å²) in [4.78, 5) is 0.433. The zero-order valence-electron chi connectivity index (χ0n) is 12.3. The topological polar surface area (TPSA) is 46.2 Å². The van der Waals surface area contributed by atoms with Gasteiger partial charge in [0.25, 0.3) is 0 Å². The maximum Gasteiger partial charge on any atom is 0.181 e. The van der Waals surface area contributed by atoms with E-state index in [9.17, 15) is 8.42 Å². The van der Waals surface area contributed by atoms with Gasteiger partial charge in [-0.3, -0.25) is 0 Å². The van der Waals surface area contributed by atoms with Crippen molar-refractivity contribution >= 4 is 9.84 Å². The molecule has 0 saturated carbocycles. The predicted octanol–water partition coefficient (Wildman–Crippen LogP) is 2.94. The Bertz CT molecular complexity index is 497. The molecule has 0 heterocycles. The minimum absolute atomic E-state index is 0.217. The van der Waals surface area contributed by atoms with Crippen molar-refractivity contribution in [3.05, 3.63) is 29.8 Å². The molecular formula is C15H25NO2S. The molecule has 0 aromatic heterocycles. The van der Waals surface area contributed by atoms with E-state index in [1.165, 1.54) is 0 Å². The van der Waals surface area contributed by atoms with Crippen LogP contribution in [0, 0.1) is 6.92 Å². The Morgan fingerprint density at radius 3 is 2.53 bits per heavy atom. The van der Waals surface area contributed by atoms with Gasteiger partial charge >= 0.3 is 0 Å². The number of hydrogen-bond donors (Lipinski definition) is 1. The van der Waals surface area contributed by atoms with Crippen LogP contribution in [0.1, 0.15) is 39.2 Å². The molecule has 1 rings (SSSR count). The number of aryl methyl sites for hydroxylation is 1. The number of benzene rings is 1. The molecule has 0 bridgehead atoms. The van der Waals surface area contributed by atoms with Gasteiger partial charge in [-0.05, 0) is 57.9 Å². The Labute approximate surface area is 117 Å². The van der Waals surface area contributed by atoms with E-state index in [0.29, 0.717) is 11.3 Å². The van der Waals surface area contributed by atoms with Crippen LogP contribution >= 0.6 is 0 Å². The predicted molar refractivity (Wildman–Crippen MR) is 80.2 cm³/mol. The van der Waals surface area contributed by atoms with Gasteiger partial charge in [0.05, 0.1) is 10.1 Å².